The molecule has 4 nitrogen and oxygen atoms in total. The van der Waals surface area contributed by atoms with Gasteiger partial charge in [0.2, 0.25) is 0 Å². The zero-order valence-electron chi connectivity index (χ0n) is 33.2. The monoisotopic (exact) mass is 699 g/mol. The lowest BCUT2D eigenvalue weighted by Crippen LogP contribution is -2.27. The second-order valence-electron chi connectivity index (χ2n) is 14.0. The Hall–Kier alpha value is -1.91. The van der Waals surface area contributed by atoms with Gasteiger partial charge in [-0.05, 0) is 57.8 Å². The van der Waals surface area contributed by atoms with Crippen LogP contribution in [0.3, 0.4) is 0 Å². The largest absolute Gasteiger partial charge is 0.457 e. The van der Waals surface area contributed by atoms with Crippen LogP contribution in [0.2, 0.25) is 0 Å². The molecule has 0 aromatic heterocycles. The number of rotatable bonds is 39. The molecule has 0 radical (unpaired) electrons. The van der Waals surface area contributed by atoms with Crippen LogP contribution < -0.4 is 0 Å². The van der Waals surface area contributed by atoms with Gasteiger partial charge in [-0.1, -0.05) is 197 Å². The number of hydrogen-bond acceptors (Lipinski definition) is 4. The first-order valence-electron chi connectivity index (χ1n) is 21.4. The van der Waals surface area contributed by atoms with E-state index in [1.165, 1.54) is 116 Å². The molecule has 0 aromatic rings. The average molecular weight is 699 g/mol. The summed E-state index contributed by atoms with van der Waals surface area (Å²) in [5.74, 6) is -0.206. The van der Waals surface area contributed by atoms with E-state index in [0.29, 0.717) is 13.0 Å². The van der Waals surface area contributed by atoms with E-state index in [1.807, 2.05) is 0 Å². The molecule has 0 aromatic carbocycles. The maximum Gasteiger partial charge on any atom is 0.306 e. The lowest BCUT2D eigenvalue weighted by Gasteiger charge is -2.15. The zero-order chi connectivity index (χ0) is 36.3. The number of hydrogen-bond donors (Lipinski definition) is 1. The SMILES string of the molecule is CC/C=C\C/C=C\C/C=C\C/C=C\C/C=C\CCCCCCCCOCC(CO)OC(=O)CCCCCCCCCCCCCCCCCC. The number of aliphatic hydroxyl groups is 1. The first-order valence-corrected chi connectivity index (χ1v) is 21.4. The molecule has 0 spiro atoms. The van der Waals surface area contributed by atoms with Crippen molar-refractivity contribution in [1.82, 2.24) is 0 Å². The van der Waals surface area contributed by atoms with Crippen molar-refractivity contribution in [3.63, 3.8) is 0 Å². The first kappa shape index (κ1) is 48.1. The zero-order valence-corrected chi connectivity index (χ0v) is 33.2. The summed E-state index contributed by atoms with van der Waals surface area (Å²) in [5.41, 5.74) is 0. The Morgan fingerprint density at radius 2 is 0.900 bits per heavy atom. The molecule has 0 aliphatic rings. The van der Waals surface area contributed by atoms with Gasteiger partial charge in [-0.15, -0.1) is 0 Å². The van der Waals surface area contributed by atoms with Crippen LogP contribution in [0.15, 0.2) is 60.8 Å². The van der Waals surface area contributed by atoms with Crippen molar-refractivity contribution in [3.8, 4) is 0 Å². The Morgan fingerprint density at radius 3 is 1.36 bits per heavy atom. The maximum atomic E-state index is 12.2. The molecule has 0 saturated carbocycles. The standard InChI is InChI=1S/C46H82O4/c1-3-5-7-9-11-13-15-17-19-21-22-23-24-25-26-28-30-32-34-36-38-40-42-49-44-45(43-47)50-46(48)41-39-37-35-33-31-29-27-20-18-16-14-12-10-8-6-4-2/h5,7,11,13,17,19,22-23,25-26,45,47H,3-4,6,8-10,12,14-16,18,20-21,24,27-44H2,1-2H3/b7-5-,13-11-,19-17-,23-22-,26-25-. The maximum absolute atomic E-state index is 12.2. The molecule has 0 rings (SSSR count). The second-order valence-corrected chi connectivity index (χ2v) is 14.0. The Bertz CT molecular complexity index is 824. The summed E-state index contributed by atoms with van der Waals surface area (Å²) in [5, 5.41) is 9.60. The molecule has 0 aliphatic heterocycles. The van der Waals surface area contributed by atoms with E-state index >= 15 is 0 Å². The van der Waals surface area contributed by atoms with Gasteiger partial charge in [0.1, 0.15) is 6.10 Å². The van der Waals surface area contributed by atoms with Crippen molar-refractivity contribution >= 4 is 5.97 Å². The van der Waals surface area contributed by atoms with Crippen molar-refractivity contribution < 1.29 is 19.4 Å². The minimum atomic E-state index is -0.542. The van der Waals surface area contributed by atoms with Gasteiger partial charge in [0.05, 0.1) is 13.2 Å². The van der Waals surface area contributed by atoms with Crippen LogP contribution in [-0.4, -0.2) is 37.0 Å². The van der Waals surface area contributed by atoms with Gasteiger partial charge in [0.25, 0.3) is 0 Å². The van der Waals surface area contributed by atoms with Crippen molar-refractivity contribution in [2.24, 2.45) is 0 Å². The van der Waals surface area contributed by atoms with Crippen molar-refractivity contribution in [3.05, 3.63) is 60.8 Å². The van der Waals surface area contributed by atoms with Gasteiger partial charge in [-0.3, -0.25) is 4.79 Å². The third-order valence-corrected chi connectivity index (χ3v) is 9.11. The van der Waals surface area contributed by atoms with Crippen LogP contribution in [0.4, 0.5) is 0 Å². The van der Waals surface area contributed by atoms with E-state index < -0.39 is 6.10 Å². The molecule has 0 heterocycles. The summed E-state index contributed by atoms with van der Waals surface area (Å²) < 4.78 is 11.2. The van der Waals surface area contributed by atoms with Gasteiger partial charge >= 0.3 is 5.97 Å². The predicted molar refractivity (Wildman–Crippen MR) is 219 cm³/mol. The molecule has 0 amide bonds. The van der Waals surface area contributed by atoms with Gasteiger partial charge in [0, 0.05) is 13.0 Å². The van der Waals surface area contributed by atoms with Crippen LogP contribution in [-0.2, 0) is 14.3 Å². The molecule has 1 atom stereocenters. The summed E-state index contributed by atoms with van der Waals surface area (Å²) in [7, 11) is 0. The minimum Gasteiger partial charge on any atom is -0.457 e. The second kappa shape index (κ2) is 43.3. The Labute approximate surface area is 311 Å². The number of unbranched alkanes of at least 4 members (excludes halogenated alkanes) is 21. The normalized spacial score (nSPS) is 12.9. The Kier molecular flexibility index (Phi) is 41.6. The quantitative estimate of drug-likeness (QED) is 0.0394. The highest BCUT2D eigenvalue weighted by Crippen LogP contribution is 2.14. The van der Waals surface area contributed by atoms with Crippen molar-refractivity contribution in [1.29, 1.82) is 0 Å². The van der Waals surface area contributed by atoms with Crippen LogP contribution in [0, 0.1) is 0 Å². The van der Waals surface area contributed by atoms with Gasteiger partial charge < -0.3 is 14.6 Å². The number of aliphatic hydroxyl groups excluding tert-OH is 1. The fraction of sp³-hybridized carbons (Fsp3) is 0.761. The van der Waals surface area contributed by atoms with Crippen LogP contribution in [0.1, 0.15) is 200 Å². The van der Waals surface area contributed by atoms with Crippen LogP contribution >= 0.6 is 0 Å². The lowest BCUT2D eigenvalue weighted by molar-refractivity contribution is -0.154. The molecule has 0 bridgehead atoms. The number of esters is 1. The third kappa shape index (κ3) is 40.5. The highest BCUT2D eigenvalue weighted by molar-refractivity contribution is 5.69. The summed E-state index contributed by atoms with van der Waals surface area (Å²) in [6.07, 6.45) is 57.0. The molecular formula is C46H82O4. The fourth-order valence-corrected chi connectivity index (χ4v) is 5.94. The van der Waals surface area contributed by atoms with Crippen LogP contribution in [0.25, 0.3) is 0 Å². The van der Waals surface area contributed by atoms with E-state index in [0.717, 1.165) is 64.2 Å². The molecule has 0 saturated heterocycles. The first-order chi connectivity index (χ1) is 24.7. The van der Waals surface area contributed by atoms with E-state index in [-0.39, 0.29) is 19.2 Å². The summed E-state index contributed by atoms with van der Waals surface area (Å²) in [6, 6.07) is 0. The van der Waals surface area contributed by atoms with E-state index in [9.17, 15) is 9.90 Å². The fourth-order valence-electron chi connectivity index (χ4n) is 5.94. The molecule has 1 unspecified atom stereocenters. The number of carbonyl (C=O) groups is 1. The number of allylic oxidation sites excluding steroid dienone is 10. The molecule has 50 heavy (non-hydrogen) atoms. The summed E-state index contributed by atoms with van der Waals surface area (Å²) in [6.45, 7) is 5.21. The average Bonchev–Trinajstić information content (AvgIpc) is 3.12. The third-order valence-electron chi connectivity index (χ3n) is 9.11. The van der Waals surface area contributed by atoms with Crippen molar-refractivity contribution in [2.45, 2.75) is 206 Å². The summed E-state index contributed by atoms with van der Waals surface area (Å²) in [4.78, 5) is 12.2. The van der Waals surface area contributed by atoms with E-state index in [2.05, 4.69) is 74.6 Å². The smallest absolute Gasteiger partial charge is 0.306 e. The number of carbonyl (C=O) groups excluding carboxylic acids is 1. The highest BCUT2D eigenvalue weighted by Gasteiger charge is 2.13. The molecule has 290 valence electrons. The molecule has 1 N–H and O–H groups in total. The van der Waals surface area contributed by atoms with Crippen molar-refractivity contribution in [2.75, 3.05) is 19.8 Å². The lowest BCUT2D eigenvalue weighted by atomic mass is 10.0. The predicted octanol–water partition coefficient (Wildman–Crippen LogP) is 14.0. The van der Waals surface area contributed by atoms with Gasteiger partial charge in [-0.2, -0.15) is 0 Å². The topological polar surface area (TPSA) is 55.8 Å². The van der Waals surface area contributed by atoms with E-state index in [4.69, 9.17) is 9.47 Å². The van der Waals surface area contributed by atoms with Crippen LogP contribution in [0.5, 0.6) is 0 Å². The van der Waals surface area contributed by atoms with Gasteiger partial charge in [0.15, 0.2) is 0 Å². The Morgan fingerprint density at radius 1 is 0.500 bits per heavy atom. The molecule has 0 fully saturated rings. The molecule has 0 aliphatic carbocycles. The van der Waals surface area contributed by atoms with E-state index in [1.54, 1.807) is 0 Å². The highest BCUT2D eigenvalue weighted by atomic mass is 16.6. The summed E-state index contributed by atoms with van der Waals surface area (Å²) >= 11 is 0. The van der Waals surface area contributed by atoms with Gasteiger partial charge in [-0.25, -0.2) is 0 Å². The molecular weight excluding hydrogens is 617 g/mol. The molecule has 4 heteroatoms. The Balaban J connectivity index is 3.48. The minimum absolute atomic E-state index is 0.178. The number of ether oxygens (including phenoxy) is 2.